The smallest absolute Gasteiger partial charge is 0.175 e. The summed E-state index contributed by atoms with van der Waals surface area (Å²) < 4.78 is 9.90. The quantitative estimate of drug-likeness (QED) is 0.383. The highest BCUT2D eigenvalue weighted by Crippen LogP contribution is 2.19. The molecule has 0 aromatic heterocycles. The van der Waals surface area contributed by atoms with Gasteiger partial charge >= 0.3 is 0 Å². The summed E-state index contributed by atoms with van der Waals surface area (Å²) in [7, 11) is 1.38. The lowest BCUT2D eigenvalue weighted by atomic mass is 9.98. The number of rotatable bonds is 2. The SMILES string of the molecule is CO[C@@H]1O[C@H](CO)[C@H](O)[C@H](O)[C@@H]1N. The third-order valence-electron chi connectivity index (χ3n) is 2.16. The average molecular weight is 193 g/mol. The predicted octanol–water partition coefficient (Wildman–Crippen LogP) is -2.60. The second kappa shape index (κ2) is 4.32. The first-order chi connectivity index (χ1) is 6.11. The van der Waals surface area contributed by atoms with E-state index in [0.717, 1.165) is 0 Å². The van der Waals surface area contributed by atoms with Crippen LogP contribution in [0.3, 0.4) is 0 Å². The van der Waals surface area contributed by atoms with Crippen molar-refractivity contribution in [2.75, 3.05) is 13.7 Å². The zero-order valence-electron chi connectivity index (χ0n) is 7.33. The summed E-state index contributed by atoms with van der Waals surface area (Å²) in [6.07, 6.45) is -3.96. The van der Waals surface area contributed by atoms with Gasteiger partial charge in [0.2, 0.25) is 0 Å². The Hall–Kier alpha value is -0.240. The van der Waals surface area contributed by atoms with Gasteiger partial charge in [0.15, 0.2) is 6.29 Å². The Bertz CT molecular complexity index is 147. The van der Waals surface area contributed by atoms with Crippen molar-refractivity contribution in [1.29, 1.82) is 0 Å². The van der Waals surface area contributed by atoms with Crippen LogP contribution in [0.4, 0.5) is 0 Å². The van der Waals surface area contributed by atoms with Gasteiger partial charge in [0.1, 0.15) is 18.3 Å². The minimum Gasteiger partial charge on any atom is -0.394 e. The molecule has 1 aliphatic heterocycles. The molecule has 13 heavy (non-hydrogen) atoms. The van der Waals surface area contributed by atoms with E-state index in [1.165, 1.54) is 7.11 Å². The maximum atomic E-state index is 9.40. The second-order valence-corrected chi connectivity index (χ2v) is 3.02. The molecule has 0 aromatic rings. The molecule has 0 spiro atoms. The Morgan fingerprint density at radius 2 is 2.00 bits per heavy atom. The van der Waals surface area contributed by atoms with Crippen molar-refractivity contribution >= 4 is 0 Å². The molecular weight excluding hydrogens is 178 g/mol. The molecule has 1 aliphatic rings. The number of hydrogen-bond acceptors (Lipinski definition) is 6. The van der Waals surface area contributed by atoms with Crippen molar-refractivity contribution in [3.05, 3.63) is 0 Å². The van der Waals surface area contributed by atoms with Crippen molar-refractivity contribution in [3.8, 4) is 0 Å². The van der Waals surface area contributed by atoms with Gasteiger partial charge in [-0.2, -0.15) is 0 Å². The van der Waals surface area contributed by atoms with E-state index >= 15 is 0 Å². The van der Waals surface area contributed by atoms with Gasteiger partial charge in [0.25, 0.3) is 0 Å². The van der Waals surface area contributed by atoms with Crippen LogP contribution in [0.2, 0.25) is 0 Å². The lowest BCUT2D eigenvalue weighted by Gasteiger charge is -2.39. The molecule has 5 N–H and O–H groups in total. The fourth-order valence-corrected chi connectivity index (χ4v) is 1.32. The van der Waals surface area contributed by atoms with Gasteiger partial charge in [0.05, 0.1) is 12.6 Å². The van der Waals surface area contributed by atoms with Crippen LogP contribution in [-0.2, 0) is 9.47 Å². The molecule has 0 aliphatic carbocycles. The molecule has 0 aromatic carbocycles. The fourth-order valence-electron chi connectivity index (χ4n) is 1.32. The third-order valence-corrected chi connectivity index (χ3v) is 2.16. The normalized spacial score (nSPS) is 46.4. The molecule has 5 atom stereocenters. The molecule has 0 unspecified atom stereocenters. The van der Waals surface area contributed by atoms with Gasteiger partial charge in [-0.25, -0.2) is 0 Å². The molecule has 1 fully saturated rings. The van der Waals surface area contributed by atoms with E-state index < -0.39 is 30.6 Å². The predicted molar refractivity (Wildman–Crippen MR) is 42.7 cm³/mol. The van der Waals surface area contributed by atoms with Crippen LogP contribution < -0.4 is 5.73 Å². The molecule has 1 saturated heterocycles. The summed E-state index contributed by atoms with van der Waals surface area (Å²) in [6, 6.07) is -0.803. The fraction of sp³-hybridized carbons (Fsp3) is 1.00. The highest BCUT2D eigenvalue weighted by Gasteiger charge is 2.42. The van der Waals surface area contributed by atoms with Crippen molar-refractivity contribution < 1.29 is 24.8 Å². The number of ether oxygens (including phenoxy) is 2. The Morgan fingerprint density at radius 3 is 2.46 bits per heavy atom. The third kappa shape index (κ3) is 1.98. The largest absolute Gasteiger partial charge is 0.394 e. The van der Waals surface area contributed by atoms with E-state index in [-0.39, 0.29) is 6.61 Å². The molecule has 1 rings (SSSR count). The first-order valence-corrected chi connectivity index (χ1v) is 4.02. The van der Waals surface area contributed by atoms with Gasteiger partial charge in [-0.3, -0.25) is 0 Å². The van der Waals surface area contributed by atoms with Crippen LogP contribution >= 0.6 is 0 Å². The summed E-state index contributed by atoms with van der Waals surface area (Å²) in [6.45, 7) is -0.384. The molecule has 78 valence electrons. The molecule has 0 radical (unpaired) electrons. The van der Waals surface area contributed by atoms with E-state index in [1.54, 1.807) is 0 Å². The van der Waals surface area contributed by atoms with Gasteiger partial charge in [0, 0.05) is 7.11 Å². The Kier molecular flexibility index (Phi) is 3.60. The molecule has 6 heteroatoms. The Labute approximate surface area is 75.9 Å². The van der Waals surface area contributed by atoms with Crippen molar-refractivity contribution in [2.24, 2.45) is 5.73 Å². The highest BCUT2D eigenvalue weighted by atomic mass is 16.7. The van der Waals surface area contributed by atoms with Crippen LogP contribution in [0.15, 0.2) is 0 Å². The second-order valence-electron chi connectivity index (χ2n) is 3.02. The summed E-state index contributed by atoms with van der Waals surface area (Å²) >= 11 is 0. The standard InChI is InChI=1S/C7H15NO5/c1-12-7-4(8)6(11)5(10)3(2-9)13-7/h3-7,9-11H,2,8H2,1H3/t3-,4+,5+,6-,7-/m1/s1. The summed E-state index contributed by atoms with van der Waals surface area (Å²) in [4.78, 5) is 0. The molecule has 6 nitrogen and oxygen atoms in total. The molecule has 0 amide bonds. The van der Waals surface area contributed by atoms with E-state index in [4.69, 9.17) is 20.3 Å². The zero-order valence-corrected chi connectivity index (χ0v) is 7.33. The first-order valence-electron chi connectivity index (χ1n) is 4.02. The number of aliphatic hydroxyl groups excluding tert-OH is 3. The van der Waals surface area contributed by atoms with Crippen LogP contribution in [0.1, 0.15) is 0 Å². The average Bonchev–Trinajstić information content (AvgIpc) is 2.15. The molecule has 1 heterocycles. The van der Waals surface area contributed by atoms with Gasteiger partial charge in [-0.1, -0.05) is 0 Å². The number of nitrogens with two attached hydrogens (primary N) is 1. The van der Waals surface area contributed by atoms with Crippen molar-refractivity contribution in [2.45, 2.75) is 30.6 Å². The maximum absolute atomic E-state index is 9.40. The Balaban J connectivity index is 2.66. The van der Waals surface area contributed by atoms with E-state index in [2.05, 4.69) is 0 Å². The Morgan fingerprint density at radius 1 is 1.38 bits per heavy atom. The van der Waals surface area contributed by atoms with Crippen LogP contribution in [0, 0.1) is 0 Å². The molecular formula is C7H15NO5. The summed E-state index contributed by atoms with van der Waals surface area (Å²) in [5.74, 6) is 0. The summed E-state index contributed by atoms with van der Waals surface area (Å²) in [5, 5.41) is 27.5. The van der Waals surface area contributed by atoms with Crippen LogP contribution in [-0.4, -0.2) is 59.7 Å². The zero-order chi connectivity index (χ0) is 10.0. The van der Waals surface area contributed by atoms with Gasteiger partial charge in [-0.15, -0.1) is 0 Å². The minimum atomic E-state index is -1.17. The summed E-state index contributed by atoms with van der Waals surface area (Å²) in [5.41, 5.74) is 5.50. The van der Waals surface area contributed by atoms with E-state index in [0.29, 0.717) is 0 Å². The number of methoxy groups -OCH3 is 1. The highest BCUT2D eigenvalue weighted by molar-refractivity contribution is 4.91. The monoisotopic (exact) mass is 193 g/mol. The maximum Gasteiger partial charge on any atom is 0.175 e. The minimum absolute atomic E-state index is 0.384. The van der Waals surface area contributed by atoms with Gasteiger partial charge < -0.3 is 30.5 Å². The molecule has 0 bridgehead atoms. The van der Waals surface area contributed by atoms with Crippen LogP contribution in [0.5, 0.6) is 0 Å². The lowest BCUT2D eigenvalue weighted by Crippen LogP contribution is -2.62. The van der Waals surface area contributed by atoms with Crippen molar-refractivity contribution in [1.82, 2.24) is 0 Å². The first kappa shape index (κ1) is 10.8. The topological polar surface area (TPSA) is 105 Å². The van der Waals surface area contributed by atoms with E-state index in [1.807, 2.05) is 0 Å². The van der Waals surface area contributed by atoms with Crippen LogP contribution in [0.25, 0.3) is 0 Å². The van der Waals surface area contributed by atoms with Gasteiger partial charge in [-0.05, 0) is 0 Å². The number of hydrogen-bond donors (Lipinski definition) is 4. The van der Waals surface area contributed by atoms with Crippen molar-refractivity contribution in [3.63, 3.8) is 0 Å². The lowest BCUT2D eigenvalue weighted by molar-refractivity contribution is -0.257. The number of aliphatic hydroxyl groups is 3. The molecule has 0 saturated carbocycles. The van der Waals surface area contributed by atoms with E-state index in [9.17, 15) is 10.2 Å².